The van der Waals surface area contributed by atoms with Gasteiger partial charge in [-0.2, -0.15) is 0 Å². The van der Waals surface area contributed by atoms with Crippen LogP contribution in [0, 0.1) is 0 Å². The summed E-state index contributed by atoms with van der Waals surface area (Å²) in [6, 6.07) is 97.4. The van der Waals surface area contributed by atoms with Gasteiger partial charge in [-0.1, -0.05) is 231 Å². The van der Waals surface area contributed by atoms with E-state index in [1.807, 2.05) is 0 Å². The molecule has 0 N–H and O–H groups in total. The standard InChI is InChI=1S/C64H49N/c1-5-13-47(14-6-1)45-64(59-39-33-55(34-40-59)52-25-21-50(22-26-52)48-15-7-2-8-16-48)46-63(64)58-31-29-54(30-32-58)57-37-43-62(44-38-57)65(60-19-11-4-12-20-60)61-41-35-56(36-42-61)53-27-23-51(24-28-53)49-17-9-3-10-18-49/h1-44,63H,45-46H2. The number of anilines is 3. The Morgan fingerprint density at radius 2 is 0.585 bits per heavy atom. The molecule has 2 atom stereocenters. The lowest BCUT2D eigenvalue weighted by Gasteiger charge is -2.26. The highest BCUT2D eigenvalue weighted by atomic mass is 15.1. The van der Waals surface area contributed by atoms with Crippen LogP contribution in [0.5, 0.6) is 0 Å². The van der Waals surface area contributed by atoms with Crippen LogP contribution in [0.4, 0.5) is 17.1 Å². The van der Waals surface area contributed by atoms with E-state index in [1.54, 1.807) is 0 Å². The van der Waals surface area contributed by atoms with Gasteiger partial charge in [-0.15, -0.1) is 0 Å². The minimum absolute atomic E-state index is 0.0618. The van der Waals surface area contributed by atoms with Crippen molar-refractivity contribution < 1.29 is 0 Å². The van der Waals surface area contributed by atoms with Crippen LogP contribution in [0.25, 0.3) is 55.6 Å². The summed E-state index contributed by atoms with van der Waals surface area (Å²) in [6.07, 6.45) is 2.16. The zero-order chi connectivity index (χ0) is 43.4. The molecule has 1 heteroatoms. The Balaban J connectivity index is 0.819. The largest absolute Gasteiger partial charge is 0.311 e. The topological polar surface area (TPSA) is 3.24 Å². The number of para-hydroxylation sites is 1. The summed E-state index contributed by atoms with van der Waals surface area (Å²) >= 11 is 0. The van der Waals surface area contributed by atoms with Crippen LogP contribution in [0.3, 0.4) is 0 Å². The predicted octanol–water partition coefficient (Wildman–Crippen LogP) is 17.2. The average Bonchev–Trinajstić information content (AvgIpc) is 4.13. The van der Waals surface area contributed by atoms with Crippen molar-refractivity contribution >= 4 is 17.1 Å². The summed E-state index contributed by atoms with van der Waals surface area (Å²) in [7, 11) is 0. The van der Waals surface area contributed by atoms with Gasteiger partial charge in [-0.3, -0.25) is 0 Å². The molecule has 1 nitrogen and oxygen atoms in total. The lowest BCUT2D eigenvalue weighted by Crippen LogP contribution is -2.13. The van der Waals surface area contributed by atoms with Gasteiger partial charge < -0.3 is 4.90 Å². The molecular weight excluding hydrogens is 783 g/mol. The lowest BCUT2D eigenvalue weighted by molar-refractivity contribution is 0.660. The number of benzene rings is 10. The number of hydrogen-bond acceptors (Lipinski definition) is 1. The van der Waals surface area contributed by atoms with Gasteiger partial charge in [0.1, 0.15) is 0 Å². The Bertz CT molecular complexity index is 3110. The molecule has 65 heavy (non-hydrogen) atoms. The van der Waals surface area contributed by atoms with Gasteiger partial charge in [0.05, 0.1) is 0 Å². The van der Waals surface area contributed by atoms with E-state index in [9.17, 15) is 0 Å². The maximum absolute atomic E-state index is 2.39. The van der Waals surface area contributed by atoms with Crippen molar-refractivity contribution in [1.29, 1.82) is 0 Å². The number of hydrogen-bond donors (Lipinski definition) is 0. The van der Waals surface area contributed by atoms with Crippen molar-refractivity contribution in [2.45, 2.75) is 24.2 Å². The average molecular weight is 832 g/mol. The molecule has 1 aliphatic carbocycles. The van der Waals surface area contributed by atoms with Gasteiger partial charge in [-0.25, -0.2) is 0 Å². The molecule has 1 saturated carbocycles. The molecule has 10 aromatic rings. The van der Waals surface area contributed by atoms with Gasteiger partial charge in [0, 0.05) is 22.5 Å². The first-order chi connectivity index (χ1) is 32.2. The van der Waals surface area contributed by atoms with E-state index in [2.05, 4.69) is 272 Å². The van der Waals surface area contributed by atoms with Gasteiger partial charge in [0.15, 0.2) is 0 Å². The summed E-state index contributed by atoms with van der Waals surface area (Å²) in [5.41, 5.74) is 19.9. The highest BCUT2D eigenvalue weighted by Crippen LogP contribution is 2.62. The van der Waals surface area contributed by atoms with Crippen LogP contribution in [-0.2, 0) is 11.8 Å². The molecule has 0 spiro atoms. The number of rotatable bonds is 12. The fourth-order valence-electron chi connectivity index (χ4n) is 9.82. The fourth-order valence-corrected chi connectivity index (χ4v) is 9.82. The van der Waals surface area contributed by atoms with Gasteiger partial charge in [0.25, 0.3) is 0 Å². The maximum Gasteiger partial charge on any atom is 0.0462 e. The van der Waals surface area contributed by atoms with Crippen molar-refractivity contribution in [3.05, 3.63) is 284 Å². The quantitative estimate of drug-likeness (QED) is 0.119. The molecule has 1 fully saturated rings. The van der Waals surface area contributed by atoms with E-state index >= 15 is 0 Å². The van der Waals surface area contributed by atoms with Gasteiger partial charge in [0.2, 0.25) is 0 Å². The first kappa shape index (κ1) is 39.8. The zero-order valence-electron chi connectivity index (χ0n) is 36.3. The van der Waals surface area contributed by atoms with Crippen LogP contribution >= 0.6 is 0 Å². The summed E-state index contributed by atoms with van der Waals surface area (Å²) < 4.78 is 0. The lowest BCUT2D eigenvalue weighted by atomic mass is 9.84. The Morgan fingerprint density at radius 3 is 0.985 bits per heavy atom. The summed E-state index contributed by atoms with van der Waals surface area (Å²) in [4.78, 5) is 2.34. The molecular formula is C64H49N. The Labute approximate surface area is 383 Å². The van der Waals surface area contributed by atoms with E-state index in [-0.39, 0.29) is 5.41 Å². The third-order valence-corrected chi connectivity index (χ3v) is 13.5. The zero-order valence-corrected chi connectivity index (χ0v) is 36.3. The van der Waals surface area contributed by atoms with Crippen LogP contribution in [0.1, 0.15) is 29.0 Å². The Hall–Kier alpha value is -8.00. The molecule has 11 rings (SSSR count). The third kappa shape index (κ3) is 8.33. The highest BCUT2D eigenvalue weighted by Gasteiger charge is 2.55. The van der Waals surface area contributed by atoms with Crippen LogP contribution < -0.4 is 4.90 Å². The molecule has 310 valence electrons. The van der Waals surface area contributed by atoms with Crippen LogP contribution in [0.15, 0.2) is 267 Å². The molecule has 0 bridgehead atoms. The molecule has 2 unspecified atom stereocenters. The third-order valence-electron chi connectivity index (χ3n) is 13.5. The summed E-state index contributed by atoms with van der Waals surface area (Å²) in [6.45, 7) is 0. The molecule has 0 amide bonds. The highest BCUT2D eigenvalue weighted by molar-refractivity contribution is 5.80. The molecule has 0 aliphatic heterocycles. The smallest absolute Gasteiger partial charge is 0.0462 e. The first-order valence-corrected chi connectivity index (χ1v) is 22.8. The van der Waals surface area contributed by atoms with Crippen molar-refractivity contribution in [2.24, 2.45) is 0 Å². The molecule has 0 radical (unpaired) electrons. The molecule has 10 aromatic carbocycles. The first-order valence-electron chi connectivity index (χ1n) is 22.8. The predicted molar refractivity (Wildman–Crippen MR) is 274 cm³/mol. The summed E-state index contributed by atoms with van der Waals surface area (Å²) in [5, 5.41) is 0. The molecule has 1 aliphatic rings. The molecule has 0 heterocycles. The summed E-state index contributed by atoms with van der Waals surface area (Å²) in [5.74, 6) is 0.453. The van der Waals surface area contributed by atoms with E-state index < -0.39 is 0 Å². The van der Waals surface area contributed by atoms with Crippen LogP contribution in [0.2, 0.25) is 0 Å². The molecule has 0 aromatic heterocycles. The van der Waals surface area contributed by atoms with E-state index in [0.717, 1.165) is 29.9 Å². The molecule has 0 saturated heterocycles. The van der Waals surface area contributed by atoms with Crippen molar-refractivity contribution in [2.75, 3.05) is 4.90 Å². The van der Waals surface area contributed by atoms with E-state index in [0.29, 0.717) is 5.92 Å². The van der Waals surface area contributed by atoms with E-state index in [1.165, 1.54) is 72.3 Å². The van der Waals surface area contributed by atoms with Gasteiger partial charge in [-0.05, 0) is 127 Å². The second-order valence-corrected chi connectivity index (χ2v) is 17.4. The van der Waals surface area contributed by atoms with Crippen molar-refractivity contribution in [3.63, 3.8) is 0 Å². The second kappa shape index (κ2) is 17.6. The fraction of sp³-hybridized carbons (Fsp3) is 0.0625. The minimum atomic E-state index is 0.0618. The number of nitrogens with zero attached hydrogens (tertiary/aromatic N) is 1. The Morgan fingerprint density at radius 1 is 0.292 bits per heavy atom. The van der Waals surface area contributed by atoms with Crippen molar-refractivity contribution in [1.82, 2.24) is 0 Å². The minimum Gasteiger partial charge on any atom is -0.311 e. The van der Waals surface area contributed by atoms with E-state index in [4.69, 9.17) is 0 Å². The Kier molecular flexibility index (Phi) is 10.8. The van der Waals surface area contributed by atoms with Crippen molar-refractivity contribution in [3.8, 4) is 55.6 Å². The maximum atomic E-state index is 2.39. The van der Waals surface area contributed by atoms with Gasteiger partial charge >= 0.3 is 0 Å². The van der Waals surface area contributed by atoms with Crippen LogP contribution in [-0.4, -0.2) is 0 Å². The SMILES string of the molecule is c1ccc(CC2(c3ccc(-c4ccc(-c5ccccc5)cc4)cc3)CC2c2ccc(-c3ccc(N(c4ccccc4)c4ccc(-c5ccc(-c6ccccc6)cc5)cc4)cc3)cc2)cc1. The monoisotopic (exact) mass is 831 g/mol. The second-order valence-electron chi connectivity index (χ2n) is 17.4. The normalized spacial score (nSPS) is 15.3.